The van der Waals surface area contributed by atoms with E-state index in [2.05, 4.69) is 20.8 Å². The van der Waals surface area contributed by atoms with Crippen LogP contribution in [-0.4, -0.2) is 30.1 Å². The second-order valence-electron chi connectivity index (χ2n) is 9.43. The number of nitrogens with zero attached hydrogens (tertiary/aromatic N) is 1. The van der Waals surface area contributed by atoms with Gasteiger partial charge in [0.15, 0.2) is 0 Å². The highest BCUT2D eigenvalue weighted by Crippen LogP contribution is 2.47. The van der Waals surface area contributed by atoms with Crippen LogP contribution in [0, 0.1) is 11.3 Å². The molecule has 0 bridgehead atoms. The highest BCUT2D eigenvalue weighted by Gasteiger charge is 2.44. The fraction of sp³-hybridized carbons (Fsp3) is 0.458. The smallest absolute Gasteiger partial charge is 0.341 e. The van der Waals surface area contributed by atoms with E-state index in [9.17, 15) is 14.4 Å². The monoisotopic (exact) mass is 472 g/mol. The maximum atomic E-state index is 13.3. The van der Waals surface area contributed by atoms with E-state index >= 15 is 0 Å². The normalized spacial score (nSPS) is 21.1. The first-order valence-electron chi connectivity index (χ1n) is 10.7. The van der Waals surface area contributed by atoms with Gasteiger partial charge >= 0.3 is 5.97 Å². The van der Waals surface area contributed by atoms with E-state index in [-0.39, 0.29) is 23.7 Å². The first kappa shape index (κ1) is 22.9. The Balaban J connectivity index is 1.68. The third kappa shape index (κ3) is 4.18. The molecule has 2 unspecified atom stereocenters. The Morgan fingerprint density at radius 3 is 2.66 bits per heavy atom. The molecule has 1 aliphatic heterocycles. The van der Waals surface area contributed by atoms with Crippen LogP contribution in [0.5, 0.6) is 0 Å². The highest BCUT2D eigenvalue weighted by atomic mass is 32.2. The lowest BCUT2D eigenvalue weighted by Gasteiger charge is -2.33. The molecular weight excluding hydrogens is 444 g/mol. The Labute approximate surface area is 196 Å². The predicted molar refractivity (Wildman–Crippen MR) is 128 cm³/mol. The maximum absolute atomic E-state index is 13.3. The zero-order valence-electron chi connectivity index (χ0n) is 18.8. The molecule has 2 amide bonds. The number of thioether (sulfide) groups is 1. The maximum Gasteiger partial charge on any atom is 0.341 e. The second-order valence-corrected chi connectivity index (χ2v) is 11.8. The van der Waals surface area contributed by atoms with Crippen molar-refractivity contribution in [2.24, 2.45) is 11.3 Å². The summed E-state index contributed by atoms with van der Waals surface area (Å²) in [5, 5.41) is -0.127. The molecule has 170 valence electrons. The molecular formula is C24H28N2O4S2. The molecule has 1 saturated heterocycles. The summed E-state index contributed by atoms with van der Waals surface area (Å²) in [5.74, 6) is -0.589. The van der Waals surface area contributed by atoms with Crippen LogP contribution in [0.2, 0.25) is 0 Å². The van der Waals surface area contributed by atoms with Gasteiger partial charge in [-0.15, -0.1) is 23.1 Å². The Bertz CT molecular complexity index is 1090. The average molecular weight is 473 g/mol. The molecule has 0 saturated carbocycles. The number of carbonyl (C=O) groups is 3. The van der Waals surface area contributed by atoms with Crippen molar-refractivity contribution in [2.75, 3.05) is 17.7 Å². The van der Waals surface area contributed by atoms with E-state index in [1.165, 1.54) is 35.1 Å². The Morgan fingerprint density at radius 1 is 1.25 bits per heavy atom. The van der Waals surface area contributed by atoms with E-state index in [4.69, 9.17) is 10.5 Å². The van der Waals surface area contributed by atoms with Crippen LogP contribution in [0.4, 0.5) is 10.7 Å². The first-order chi connectivity index (χ1) is 15.1. The summed E-state index contributed by atoms with van der Waals surface area (Å²) >= 11 is 2.73. The van der Waals surface area contributed by atoms with Crippen molar-refractivity contribution in [2.45, 2.75) is 56.6 Å². The van der Waals surface area contributed by atoms with Gasteiger partial charge in [-0.3, -0.25) is 9.59 Å². The molecule has 2 atom stereocenters. The van der Waals surface area contributed by atoms with Crippen molar-refractivity contribution in [3.05, 3.63) is 40.3 Å². The van der Waals surface area contributed by atoms with Crippen molar-refractivity contribution in [1.82, 2.24) is 0 Å². The molecule has 1 aromatic carbocycles. The number of methoxy groups -OCH3 is 1. The largest absolute Gasteiger partial charge is 0.465 e. The number of ether oxygens (including phenoxy) is 1. The standard InChI is InChI=1S/C24H28N2O4S2/c1-24(2,3)13-8-9-16-17(10-13)32-22(20(16)23(29)30-4)26-19(27)12-18(21(26)28)31-15-7-5-6-14(25)11-15/h5-7,11,13,18H,8-10,12,25H2,1-4H3. The molecule has 6 nitrogen and oxygen atoms in total. The Morgan fingerprint density at radius 2 is 2.00 bits per heavy atom. The van der Waals surface area contributed by atoms with Gasteiger partial charge in [0.05, 0.1) is 17.9 Å². The summed E-state index contributed by atoms with van der Waals surface area (Å²) in [6.07, 6.45) is 2.64. The van der Waals surface area contributed by atoms with E-state index in [1.54, 1.807) is 12.1 Å². The SMILES string of the molecule is COC(=O)c1c(N2C(=O)CC(Sc3cccc(N)c3)C2=O)sc2c1CCC(C(C)(C)C)C2. The summed E-state index contributed by atoms with van der Waals surface area (Å²) in [5.41, 5.74) is 7.93. The number of fused-ring (bicyclic) bond motifs is 1. The molecule has 2 aromatic rings. The lowest BCUT2D eigenvalue weighted by molar-refractivity contribution is -0.121. The first-order valence-corrected chi connectivity index (χ1v) is 12.4. The van der Waals surface area contributed by atoms with Crippen molar-refractivity contribution >= 4 is 51.6 Å². The van der Waals surface area contributed by atoms with Gasteiger partial charge in [-0.1, -0.05) is 26.8 Å². The Hall–Kier alpha value is -2.32. The van der Waals surface area contributed by atoms with Gasteiger partial charge in [-0.05, 0) is 54.4 Å². The number of benzene rings is 1. The van der Waals surface area contributed by atoms with Crippen LogP contribution >= 0.6 is 23.1 Å². The fourth-order valence-electron chi connectivity index (χ4n) is 4.44. The van der Waals surface area contributed by atoms with Crippen LogP contribution < -0.4 is 10.6 Å². The van der Waals surface area contributed by atoms with Gasteiger partial charge < -0.3 is 10.5 Å². The molecule has 2 aliphatic rings. The zero-order valence-corrected chi connectivity index (χ0v) is 20.4. The third-order valence-electron chi connectivity index (χ3n) is 6.31. The fourth-order valence-corrected chi connectivity index (χ4v) is 7.00. The van der Waals surface area contributed by atoms with Gasteiger partial charge in [0, 0.05) is 21.9 Å². The minimum atomic E-state index is -0.545. The van der Waals surface area contributed by atoms with Crippen LogP contribution in [0.3, 0.4) is 0 Å². The lowest BCUT2D eigenvalue weighted by Crippen LogP contribution is -2.32. The summed E-state index contributed by atoms with van der Waals surface area (Å²) in [4.78, 5) is 42.2. The minimum absolute atomic E-state index is 0.0894. The molecule has 1 aliphatic carbocycles. The highest BCUT2D eigenvalue weighted by molar-refractivity contribution is 8.00. The number of nitrogens with two attached hydrogens (primary N) is 1. The number of thiophene rings is 1. The number of amides is 2. The number of hydrogen-bond donors (Lipinski definition) is 1. The van der Waals surface area contributed by atoms with Gasteiger partial charge in [0.2, 0.25) is 11.8 Å². The van der Waals surface area contributed by atoms with Crippen LogP contribution in [-0.2, 0) is 27.2 Å². The molecule has 0 spiro atoms. The van der Waals surface area contributed by atoms with Gasteiger partial charge in [0.1, 0.15) is 5.00 Å². The number of esters is 1. The molecule has 2 N–H and O–H groups in total. The van der Waals surface area contributed by atoms with Crippen molar-refractivity contribution < 1.29 is 19.1 Å². The van der Waals surface area contributed by atoms with E-state index < -0.39 is 11.2 Å². The van der Waals surface area contributed by atoms with Crippen molar-refractivity contribution in [3.63, 3.8) is 0 Å². The van der Waals surface area contributed by atoms with Crippen LogP contribution in [0.1, 0.15) is 54.4 Å². The summed E-state index contributed by atoms with van der Waals surface area (Å²) < 4.78 is 5.06. The third-order valence-corrected chi connectivity index (χ3v) is 8.72. The Kier molecular flexibility index (Phi) is 6.11. The predicted octanol–water partition coefficient (Wildman–Crippen LogP) is 4.69. The summed E-state index contributed by atoms with van der Waals surface area (Å²) in [6, 6.07) is 7.27. The van der Waals surface area contributed by atoms with E-state index in [0.717, 1.165) is 34.6 Å². The number of anilines is 2. The number of imide groups is 1. The van der Waals surface area contributed by atoms with Crippen molar-refractivity contribution in [3.8, 4) is 0 Å². The molecule has 32 heavy (non-hydrogen) atoms. The van der Waals surface area contributed by atoms with Crippen LogP contribution in [0.25, 0.3) is 0 Å². The van der Waals surface area contributed by atoms with Gasteiger partial charge in [-0.25, -0.2) is 9.69 Å². The molecule has 1 aromatic heterocycles. The minimum Gasteiger partial charge on any atom is -0.465 e. The van der Waals surface area contributed by atoms with E-state index in [0.29, 0.717) is 22.2 Å². The molecule has 0 radical (unpaired) electrons. The molecule has 4 rings (SSSR count). The zero-order chi connectivity index (χ0) is 23.2. The summed E-state index contributed by atoms with van der Waals surface area (Å²) in [6.45, 7) is 6.68. The van der Waals surface area contributed by atoms with Gasteiger partial charge in [-0.2, -0.15) is 0 Å². The molecule has 8 heteroatoms. The van der Waals surface area contributed by atoms with Gasteiger partial charge in [0.25, 0.3) is 0 Å². The average Bonchev–Trinajstić information content (AvgIpc) is 3.22. The van der Waals surface area contributed by atoms with Crippen LogP contribution in [0.15, 0.2) is 29.2 Å². The number of rotatable bonds is 4. The molecule has 2 heterocycles. The lowest BCUT2D eigenvalue weighted by atomic mass is 9.72. The van der Waals surface area contributed by atoms with Crippen molar-refractivity contribution in [1.29, 1.82) is 0 Å². The topological polar surface area (TPSA) is 89.7 Å². The second kappa shape index (κ2) is 8.56. The summed E-state index contributed by atoms with van der Waals surface area (Å²) in [7, 11) is 1.34. The van der Waals surface area contributed by atoms with E-state index in [1.807, 2.05) is 12.1 Å². The number of nitrogen functional groups attached to an aromatic ring is 1. The quantitative estimate of drug-likeness (QED) is 0.394. The molecule has 1 fully saturated rings. The number of hydrogen-bond acceptors (Lipinski definition) is 7. The number of carbonyl (C=O) groups excluding carboxylic acids is 3.